The molecule has 22 heavy (non-hydrogen) atoms. The van der Waals surface area contributed by atoms with Gasteiger partial charge in [-0.1, -0.05) is 24.3 Å². The molecular formula is C18H27ClN2O. The number of benzene rings is 1. The number of nitrogens with zero attached hydrogens (tertiary/aromatic N) is 1. The first-order valence-corrected chi connectivity index (χ1v) is 8.28. The van der Waals surface area contributed by atoms with E-state index >= 15 is 0 Å². The highest BCUT2D eigenvalue weighted by Gasteiger charge is 2.30. The largest absolute Gasteiger partial charge is 0.338 e. The van der Waals surface area contributed by atoms with Gasteiger partial charge in [0, 0.05) is 25.6 Å². The van der Waals surface area contributed by atoms with Gasteiger partial charge in [0.05, 0.1) is 0 Å². The van der Waals surface area contributed by atoms with E-state index in [1.807, 2.05) is 7.05 Å². The van der Waals surface area contributed by atoms with Crippen LogP contribution in [-0.2, 0) is 17.6 Å². The molecule has 4 heteroatoms. The van der Waals surface area contributed by atoms with E-state index in [2.05, 4.69) is 34.5 Å². The molecule has 0 saturated carbocycles. The Hall–Kier alpha value is -1.06. The maximum Gasteiger partial charge on any atom is 0.223 e. The zero-order chi connectivity index (χ0) is 14.7. The van der Waals surface area contributed by atoms with Crippen LogP contribution in [0.3, 0.4) is 0 Å². The van der Waals surface area contributed by atoms with Gasteiger partial charge >= 0.3 is 0 Å². The second-order valence-corrected chi connectivity index (χ2v) is 6.52. The minimum atomic E-state index is 0. The standard InChI is InChI=1S/C18H26N2O.ClH/c1-19-13-17-7-4-10-20(17)18(21)12-14-8-9-15-5-2-3-6-16(15)11-14;/h2-3,5-6,14,17,19H,4,7-13H2,1H3;1H. The Bertz CT molecular complexity index is 506. The Morgan fingerprint density at radius 1 is 1.27 bits per heavy atom. The fourth-order valence-electron chi connectivity index (χ4n) is 3.92. The molecule has 2 aliphatic rings. The minimum Gasteiger partial charge on any atom is -0.338 e. The Morgan fingerprint density at radius 2 is 2.05 bits per heavy atom. The third-order valence-corrected chi connectivity index (χ3v) is 5.05. The van der Waals surface area contributed by atoms with E-state index in [-0.39, 0.29) is 12.4 Å². The van der Waals surface area contributed by atoms with Gasteiger partial charge in [0.25, 0.3) is 0 Å². The van der Waals surface area contributed by atoms with E-state index in [4.69, 9.17) is 0 Å². The van der Waals surface area contributed by atoms with Crippen molar-refractivity contribution in [3.05, 3.63) is 35.4 Å². The van der Waals surface area contributed by atoms with Crippen LogP contribution in [0.25, 0.3) is 0 Å². The molecule has 1 aromatic carbocycles. The van der Waals surface area contributed by atoms with Gasteiger partial charge in [0.1, 0.15) is 0 Å². The number of likely N-dealkylation sites (N-methyl/N-ethyl adjacent to an activating group) is 1. The molecule has 1 aromatic rings. The third-order valence-electron chi connectivity index (χ3n) is 5.05. The average Bonchev–Trinajstić information content (AvgIpc) is 2.96. The zero-order valence-corrected chi connectivity index (χ0v) is 14.2. The van der Waals surface area contributed by atoms with Crippen molar-refractivity contribution >= 4 is 18.3 Å². The summed E-state index contributed by atoms with van der Waals surface area (Å²) >= 11 is 0. The number of hydrogen-bond donors (Lipinski definition) is 1. The van der Waals surface area contributed by atoms with Crippen LogP contribution in [-0.4, -0.2) is 37.0 Å². The van der Waals surface area contributed by atoms with E-state index in [0.29, 0.717) is 17.9 Å². The molecule has 2 unspecified atom stereocenters. The summed E-state index contributed by atoms with van der Waals surface area (Å²) in [6.45, 7) is 1.88. The summed E-state index contributed by atoms with van der Waals surface area (Å²) in [5, 5.41) is 3.22. The molecule has 0 spiro atoms. The van der Waals surface area contributed by atoms with Crippen LogP contribution in [0.4, 0.5) is 0 Å². The lowest BCUT2D eigenvalue weighted by molar-refractivity contribution is -0.133. The number of halogens is 1. The first-order chi connectivity index (χ1) is 10.3. The summed E-state index contributed by atoms with van der Waals surface area (Å²) in [4.78, 5) is 14.7. The quantitative estimate of drug-likeness (QED) is 0.924. The second-order valence-electron chi connectivity index (χ2n) is 6.52. The number of carbonyl (C=O) groups excluding carboxylic acids is 1. The van der Waals surface area contributed by atoms with E-state index in [1.165, 1.54) is 11.1 Å². The second kappa shape index (κ2) is 7.98. The third kappa shape index (κ3) is 3.82. The van der Waals surface area contributed by atoms with Crippen molar-refractivity contribution < 1.29 is 4.79 Å². The first kappa shape index (κ1) is 17.3. The maximum atomic E-state index is 12.6. The summed E-state index contributed by atoms with van der Waals surface area (Å²) in [6.07, 6.45) is 6.41. The number of fused-ring (bicyclic) bond motifs is 1. The van der Waals surface area contributed by atoms with Crippen molar-refractivity contribution in [3.63, 3.8) is 0 Å². The van der Waals surface area contributed by atoms with Gasteiger partial charge < -0.3 is 10.2 Å². The van der Waals surface area contributed by atoms with Gasteiger partial charge in [0.2, 0.25) is 5.91 Å². The van der Waals surface area contributed by atoms with Gasteiger partial charge in [-0.05, 0) is 56.2 Å². The Morgan fingerprint density at radius 3 is 2.82 bits per heavy atom. The molecule has 1 aliphatic carbocycles. The molecule has 1 fully saturated rings. The van der Waals surface area contributed by atoms with Gasteiger partial charge in [0.15, 0.2) is 0 Å². The van der Waals surface area contributed by atoms with E-state index < -0.39 is 0 Å². The van der Waals surface area contributed by atoms with Gasteiger partial charge in [-0.2, -0.15) is 0 Å². The smallest absolute Gasteiger partial charge is 0.223 e. The van der Waals surface area contributed by atoms with Gasteiger partial charge in [-0.3, -0.25) is 4.79 Å². The number of amides is 1. The van der Waals surface area contributed by atoms with Crippen molar-refractivity contribution in [2.24, 2.45) is 5.92 Å². The molecule has 122 valence electrons. The summed E-state index contributed by atoms with van der Waals surface area (Å²) < 4.78 is 0. The van der Waals surface area contributed by atoms with Crippen molar-refractivity contribution in [1.82, 2.24) is 10.2 Å². The molecule has 1 saturated heterocycles. The molecule has 0 radical (unpaired) electrons. The normalized spacial score (nSPS) is 23.8. The molecule has 3 rings (SSSR count). The molecule has 1 amide bonds. The average molecular weight is 323 g/mol. The van der Waals surface area contributed by atoms with Crippen molar-refractivity contribution in [1.29, 1.82) is 0 Å². The van der Waals surface area contributed by atoms with Crippen LogP contribution < -0.4 is 5.32 Å². The number of nitrogens with one attached hydrogen (secondary N) is 1. The monoisotopic (exact) mass is 322 g/mol. The summed E-state index contributed by atoms with van der Waals surface area (Å²) in [7, 11) is 1.97. The highest BCUT2D eigenvalue weighted by Crippen LogP contribution is 2.29. The number of rotatable bonds is 4. The van der Waals surface area contributed by atoms with Crippen molar-refractivity contribution in [3.8, 4) is 0 Å². The van der Waals surface area contributed by atoms with Crippen LogP contribution in [0.5, 0.6) is 0 Å². The molecule has 2 atom stereocenters. The molecule has 3 nitrogen and oxygen atoms in total. The lowest BCUT2D eigenvalue weighted by Gasteiger charge is -2.29. The van der Waals surface area contributed by atoms with Gasteiger partial charge in [-0.25, -0.2) is 0 Å². The van der Waals surface area contributed by atoms with Crippen LogP contribution in [0.1, 0.15) is 36.8 Å². The van der Waals surface area contributed by atoms with E-state index in [0.717, 1.165) is 51.6 Å². The SMILES string of the molecule is CNCC1CCCN1C(=O)CC1CCc2ccccc2C1.Cl. The van der Waals surface area contributed by atoms with Crippen LogP contribution in [0, 0.1) is 5.92 Å². The topological polar surface area (TPSA) is 32.3 Å². The number of carbonyl (C=O) groups is 1. The highest BCUT2D eigenvalue weighted by atomic mass is 35.5. The molecule has 0 bridgehead atoms. The van der Waals surface area contributed by atoms with Crippen molar-refractivity contribution in [2.45, 2.75) is 44.6 Å². The van der Waals surface area contributed by atoms with Gasteiger partial charge in [-0.15, -0.1) is 12.4 Å². The number of hydrogen-bond acceptors (Lipinski definition) is 2. The predicted molar refractivity (Wildman–Crippen MR) is 92.5 cm³/mol. The summed E-state index contributed by atoms with van der Waals surface area (Å²) in [5.74, 6) is 0.903. The Labute approximate surface area is 139 Å². The summed E-state index contributed by atoms with van der Waals surface area (Å²) in [5.41, 5.74) is 2.94. The Kier molecular flexibility index (Phi) is 6.27. The summed E-state index contributed by atoms with van der Waals surface area (Å²) in [6, 6.07) is 9.12. The van der Waals surface area contributed by atoms with Crippen LogP contribution in [0.2, 0.25) is 0 Å². The van der Waals surface area contributed by atoms with Crippen molar-refractivity contribution in [2.75, 3.05) is 20.1 Å². The fourth-order valence-corrected chi connectivity index (χ4v) is 3.92. The minimum absolute atomic E-state index is 0. The maximum absolute atomic E-state index is 12.6. The highest BCUT2D eigenvalue weighted by molar-refractivity contribution is 5.85. The lowest BCUT2D eigenvalue weighted by atomic mass is 9.82. The van der Waals surface area contributed by atoms with Crippen LogP contribution in [0.15, 0.2) is 24.3 Å². The number of likely N-dealkylation sites (tertiary alicyclic amines) is 1. The molecule has 1 heterocycles. The predicted octanol–water partition coefficient (Wildman–Crippen LogP) is 2.81. The molecular weight excluding hydrogens is 296 g/mol. The van der Waals surface area contributed by atoms with E-state index in [1.54, 1.807) is 0 Å². The fraction of sp³-hybridized carbons (Fsp3) is 0.611. The Balaban J connectivity index is 0.00000176. The molecule has 1 N–H and O–H groups in total. The van der Waals surface area contributed by atoms with Crippen LogP contribution >= 0.6 is 12.4 Å². The first-order valence-electron chi connectivity index (χ1n) is 8.28. The number of aryl methyl sites for hydroxylation is 1. The molecule has 0 aromatic heterocycles. The molecule has 1 aliphatic heterocycles. The zero-order valence-electron chi connectivity index (χ0n) is 13.4. The van der Waals surface area contributed by atoms with E-state index in [9.17, 15) is 4.79 Å². The lowest BCUT2D eigenvalue weighted by Crippen LogP contribution is -2.41.